The molecule has 172 valence electrons. The van der Waals surface area contributed by atoms with Crippen LogP contribution in [-0.4, -0.2) is 44.1 Å². The third-order valence-corrected chi connectivity index (χ3v) is 7.19. The van der Waals surface area contributed by atoms with Gasteiger partial charge >= 0.3 is 0 Å². The van der Waals surface area contributed by atoms with Crippen LogP contribution in [0.25, 0.3) is 0 Å². The zero-order valence-corrected chi connectivity index (χ0v) is 19.2. The summed E-state index contributed by atoms with van der Waals surface area (Å²) >= 11 is 0. The maximum atomic E-state index is 12.8. The van der Waals surface area contributed by atoms with Gasteiger partial charge in [-0.05, 0) is 61.7 Å². The van der Waals surface area contributed by atoms with E-state index in [-0.39, 0.29) is 29.4 Å². The number of piperidine rings is 1. The monoisotopic (exact) mass is 458 g/mol. The van der Waals surface area contributed by atoms with E-state index >= 15 is 0 Å². The molecule has 1 aliphatic rings. The Bertz CT molecular complexity index is 1030. The molecule has 3 rings (SSSR count). The van der Waals surface area contributed by atoms with Crippen LogP contribution in [-0.2, 0) is 14.8 Å². The zero-order valence-electron chi connectivity index (χ0n) is 18.4. The first-order valence-corrected chi connectivity index (χ1v) is 12.5. The second kappa shape index (κ2) is 11.2. The first kappa shape index (κ1) is 23.9. The van der Waals surface area contributed by atoms with Crippen LogP contribution in [0.2, 0.25) is 0 Å². The molecule has 32 heavy (non-hydrogen) atoms. The van der Waals surface area contributed by atoms with Gasteiger partial charge < -0.3 is 10.1 Å². The molecule has 1 fully saturated rings. The summed E-state index contributed by atoms with van der Waals surface area (Å²) in [6, 6.07) is 13.1. The second-order valence-electron chi connectivity index (χ2n) is 7.84. The lowest BCUT2D eigenvalue weighted by Gasteiger charge is -2.26. The maximum absolute atomic E-state index is 12.8. The molecular weight excluding hydrogens is 428 g/mol. The Hall–Kier alpha value is -2.71. The molecule has 0 unspecified atom stereocenters. The highest BCUT2D eigenvalue weighted by atomic mass is 32.2. The Labute approximate surface area is 189 Å². The minimum Gasteiger partial charge on any atom is -0.494 e. The molecule has 0 atom stereocenters. The molecule has 1 N–H and O–H groups in total. The normalized spacial score (nSPS) is 14.7. The summed E-state index contributed by atoms with van der Waals surface area (Å²) in [7, 11) is -3.57. The van der Waals surface area contributed by atoms with E-state index in [1.807, 2.05) is 6.92 Å². The van der Waals surface area contributed by atoms with Gasteiger partial charge in [0.1, 0.15) is 5.75 Å². The van der Waals surface area contributed by atoms with Gasteiger partial charge in [0.15, 0.2) is 5.78 Å². The van der Waals surface area contributed by atoms with Crippen molar-refractivity contribution in [1.82, 2.24) is 4.31 Å². The topological polar surface area (TPSA) is 92.8 Å². The SMILES string of the molecule is CCCOc1ccc(C(=O)CCC(=O)Nc2cccc(S(=O)(=O)N3CCCCC3)c2)cc1. The molecule has 0 bridgehead atoms. The molecule has 0 radical (unpaired) electrons. The molecule has 1 saturated heterocycles. The highest BCUT2D eigenvalue weighted by Gasteiger charge is 2.26. The van der Waals surface area contributed by atoms with E-state index in [4.69, 9.17) is 4.74 Å². The number of carbonyl (C=O) groups is 2. The number of amides is 1. The van der Waals surface area contributed by atoms with E-state index in [2.05, 4.69) is 5.32 Å². The molecule has 1 amide bonds. The number of sulfonamides is 1. The molecule has 1 heterocycles. The minimum atomic E-state index is -3.57. The summed E-state index contributed by atoms with van der Waals surface area (Å²) in [6.07, 6.45) is 3.74. The number of hydrogen-bond acceptors (Lipinski definition) is 5. The lowest BCUT2D eigenvalue weighted by atomic mass is 10.1. The zero-order chi connectivity index (χ0) is 23.0. The van der Waals surface area contributed by atoms with Gasteiger partial charge in [-0.15, -0.1) is 0 Å². The molecular formula is C24H30N2O5S. The van der Waals surface area contributed by atoms with Crippen LogP contribution >= 0.6 is 0 Å². The average molecular weight is 459 g/mol. The molecule has 0 aromatic heterocycles. The van der Waals surface area contributed by atoms with Crippen LogP contribution < -0.4 is 10.1 Å². The summed E-state index contributed by atoms with van der Waals surface area (Å²) in [4.78, 5) is 24.9. The van der Waals surface area contributed by atoms with Crippen LogP contribution in [0.4, 0.5) is 5.69 Å². The summed E-state index contributed by atoms with van der Waals surface area (Å²) < 4.78 is 32.7. The molecule has 8 heteroatoms. The molecule has 0 spiro atoms. The second-order valence-corrected chi connectivity index (χ2v) is 9.77. The fourth-order valence-electron chi connectivity index (χ4n) is 3.54. The largest absolute Gasteiger partial charge is 0.494 e. The standard InChI is InChI=1S/C24H30N2O5S/c1-2-17-31-21-11-9-19(10-12-21)23(27)13-14-24(28)25-20-7-6-8-22(18-20)32(29,30)26-15-4-3-5-16-26/h6-12,18H,2-5,13-17H2,1H3,(H,25,28). The van der Waals surface area contributed by atoms with Gasteiger partial charge in [-0.1, -0.05) is 19.4 Å². The summed E-state index contributed by atoms with van der Waals surface area (Å²) in [5.41, 5.74) is 0.925. The minimum absolute atomic E-state index is 0.00994. The van der Waals surface area contributed by atoms with Crippen molar-refractivity contribution in [3.8, 4) is 5.75 Å². The van der Waals surface area contributed by atoms with Crippen molar-refractivity contribution >= 4 is 27.4 Å². The van der Waals surface area contributed by atoms with Crippen LogP contribution in [0.5, 0.6) is 5.75 Å². The summed E-state index contributed by atoms with van der Waals surface area (Å²) in [6.45, 7) is 3.68. The third-order valence-electron chi connectivity index (χ3n) is 5.30. The number of Topliss-reactive ketones (excluding diaryl/α,β-unsaturated/α-hetero) is 1. The van der Waals surface area contributed by atoms with E-state index in [9.17, 15) is 18.0 Å². The molecule has 0 aliphatic carbocycles. The Morgan fingerprint density at radius 1 is 1.00 bits per heavy atom. The van der Waals surface area contributed by atoms with Crippen molar-refractivity contribution in [1.29, 1.82) is 0 Å². The van der Waals surface area contributed by atoms with Crippen molar-refractivity contribution in [2.24, 2.45) is 0 Å². The highest BCUT2D eigenvalue weighted by molar-refractivity contribution is 7.89. The van der Waals surface area contributed by atoms with Gasteiger partial charge in [0, 0.05) is 37.2 Å². The van der Waals surface area contributed by atoms with Gasteiger partial charge in [0.2, 0.25) is 15.9 Å². The van der Waals surface area contributed by atoms with Gasteiger partial charge in [-0.2, -0.15) is 4.31 Å². The van der Waals surface area contributed by atoms with Crippen LogP contribution in [0.1, 0.15) is 55.8 Å². The van der Waals surface area contributed by atoms with Gasteiger partial charge in [0.05, 0.1) is 11.5 Å². The van der Waals surface area contributed by atoms with E-state index < -0.39 is 10.0 Å². The molecule has 1 aliphatic heterocycles. The number of hydrogen-bond donors (Lipinski definition) is 1. The van der Waals surface area contributed by atoms with Crippen LogP contribution in [0.15, 0.2) is 53.4 Å². The number of benzene rings is 2. The van der Waals surface area contributed by atoms with Gasteiger partial charge in [-0.3, -0.25) is 9.59 Å². The third kappa shape index (κ3) is 6.40. The molecule has 0 saturated carbocycles. The fourth-order valence-corrected chi connectivity index (χ4v) is 5.10. The van der Waals surface area contributed by atoms with Crippen molar-refractivity contribution in [2.45, 2.75) is 50.3 Å². The van der Waals surface area contributed by atoms with E-state index in [1.165, 1.54) is 16.4 Å². The maximum Gasteiger partial charge on any atom is 0.243 e. The number of ketones is 1. The van der Waals surface area contributed by atoms with Crippen molar-refractivity contribution in [2.75, 3.05) is 25.0 Å². The molecule has 2 aromatic carbocycles. The smallest absolute Gasteiger partial charge is 0.243 e. The first-order chi connectivity index (χ1) is 15.4. The Morgan fingerprint density at radius 2 is 1.72 bits per heavy atom. The van der Waals surface area contributed by atoms with E-state index in [0.29, 0.717) is 36.7 Å². The Balaban J connectivity index is 1.55. The predicted molar refractivity (Wildman–Crippen MR) is 123 cm³/mol. The van der Waals surface area contributed by atoms with E-state index in [1.54, 1.807) is 36.4 Å². The van der Waals surface area contributed by atoms with E-state index in [0.717, 1.165) is 25.7 Å². The van der Waals surface area contributed by atoms with Crippen molar-refractivity contribution in [3.05, 3.63) is 54.1 Å². The lowest BCUT2D eigenvalue weighted by molar-refractivity contribution is -0.116. The Morgan fingerprint density at radius 3 is 2.41 bits per heavy atom. The lowest BCUT2D eigenvalue weighted by Crippen LogP contribution is -2.35. The predicted octanol–water partition coefficient (Wildman–Crippen LogP) is 4.25. The number of nitrogens with one attached hydrogen (secondary N) is 1. The number of carbonyl (C=O) groups excluding carboxylic acids is 2. The molecule has 7 nitrogen and oxygen atoms in total. The summed E-state index contributed by atoms with van der Waals surface area (Å²) in [5.74, 6) is 0.234. The molecule has 2 aromatic rings. The van der Waals surface area contributed by atoms with Crippen LogP contribution in [0, 0.1) is 0 Å². The average Bonchev–Trinajstić information content (AvgIpc) is 2.82. The van der Waals surface area contributed by atoms with Crippen LogP contribution in [0.3, 0.4) is 0 Å². The highest BCUT2D eigenvalue weighted by Crippen LogP contribution is 2.23. The van der Waals surface area contributed by atoms with Crippen molar-refractivity contribution in [3.63, 3.8) is 0 Å². The summed E-state index contributed by atoms with van der Waals surface area (Å²) in [5, 5.41) is 2.70. The quantitative estimate of drug-likeness (QED) is 0.537. The van der Waals surface area contributed by atoms with Gasteiger partial charge in [0.25, 0.3) is 0 Å². The number of ether oxygens (including phenoxy) is 1. The fraction of sp³-hybridized carbons (Fsp3) is 0.417. The number of anilines is 1. The van der Waals surface area contributed by atoms with Crippen molar-refractivity contribution < 1.29 is 22.7 Å². The number of rotatable bonds is 10. The first-order valence-electron chi connectivity index (χ1n) is 11.1. The number of nitrogens with zero attached hydrogens (tertiary/aromatic N) is 1. The Kier molecular flexibility index (Phi) is 8.41. The van der Waals surface area contributed by atoms with Gasteiger partial charge in [-0.25, -0.2) is 8.42 Å².